The van der Waals surface area contributed by atoms with Crippen molar-refractivity contribution in [2.24, 2.45) is 0 Å². The van der Waals surface area contributed by atoms with Gasteiger partial charge in [0.2, 0.25) is 17.8 Å². The van der Waals surface area contributed by atoms with Crippen LogP contribution < -0.4 is 26.6 Å². The quantitative estimate of drug-likeness (QED) is 0.181. The molecular formula is C40H41N15O3. The number of carbonyl (C=O) groups excluding carboxylic acids is 2. The predicted molar refractivity (Wildman–Crippen MR) is 216 cm³/mol. The van der Waals surface area contributed by atoms with E-state index in [4.69, 9.17) is 21.0 Å². The lowest BCUT2D eigenvalue weighted by molar-refractivity contribution is -0.121. The van der Waals surface area contributed by atoms with Crippen LogP contribution in [0.4, 0.5) is 23.7 Å². The molecule has 7 aromatic rings. The van der Waals surface area contributed by atoms with Gasteiger partial charge in [-0.3, -0.25) is 9.59 Å². The second-order valence-corrected chi connectivity index (χ2v) is 14.4. The molecule has 2 aliphatic rings. The standard InChI is InChI=1S/C40H41N15O3/c1-2-3-32(56)43-16-25-17-44-39(45-18-25)52-10-12-53(13-11-52)40-46-19-29(20-47-40)37(57)54-9-8-26-14-24(4-5-28(26)22-54)21-55-36-33(35(41)48-23-49-36)34(51-55)27-6-7-31-30(15-27)50-38(42)58-31/h4-7,14-15,17-20,23H,2-3,8-13,16,21-22H2,1H3,(H2,42,50)(H,43,56)(H2,41,48,49). The van der Waals surface area contributed by atoms with Crippen LogP contribution in [0.2, 0.25) is 0 Å². The maximum atomic E-state index is 13.6. The van der Waals surface area contributed by atoms with Gasteiger partial charge in [-0.1, -0.05) is 25.1 Å². The minimum absolute atomic E-state index is 0.0256. The molecule has 0 spiro atoms. The highest BCUT2D eigenvalue weighted by Gasteiger charge is 2.25. The first-order chi connectivity index (χ1) is 28.3. The van der Waals surface area contributed by atoms with E-state index in [1.54, 1.807) is 30.9 Å². The van der Waals surface area contributed by atoms with Gasteiger partial charge in [0.1, 0.15) is 23.4 Å². The highest BCUT2D eigenvalue weighted by molar-refractivity contribution is 5.99. The van der Waals surface area contributed by atoms with E-state index in [1.165, 1.54) is 11.9 Å². The van der Waals surface area contributed by atoms with Gasteiger partial charge in [0.25, 0.3) is 11.9 Å². The molecule has 58 heavy (non-hydrogen) atoms. The minimum Gasteiger partial charge on any atom is -0.424 e. The monoisotopic (exact) mass is 779 g/mol. The molecule has 9 rings (SSSR count). The molecule has 2 aliphatic heterocycles. The van der Waals surface area contributed by atoms with Gasteiger partial charge in [-0.05, 0) is 47.7 Å². The predicted octanol–water partition coefficient (Wildman–Crippen LogP) is 3.37. The van der Waals surface area contributed by atoms with E-state index < -0.39 is 0 Å². The molecule has 0 bridgehead atoms. The summed E-state index contributed by atoms with van der Waals surface area (Å²) in [4.78, 5) is 62.7. The molecule has 294 valence electrons. The zero-order chi connectivity index (χ0) is 39.8. The zero-order valence-electron chi connectivity index (χ0n) is 31.9. The molecule has 1 saturated heterocycles. The van der Waals surface area contributed by atoms with Crippen LogP contribution in [0.15, 0.2) is 71.9 Å². The van der Waals surface area contributed by atoms with Crippen molar-refractivity contribution in [3.63, 3.8) is 0 Å². The van der Waals surface area contributed by atoms with Gasteiger partial charge in [0, 0.05) is 88.1 Å². The number of hydrogen-bond donors (Lipinski definition) is 3. The summed E-state index contributed by atoms with van der Waals surface area (Å²) in [6, 6.07) is 12.0. The van der Waals surface area contributed by atoms with E-state index >= 15 is 0 Å². The Kier molecular flexibility index (Phi) is 9.64. The van der Waals surface area contributed by atoms with Crippen molar-refractivity contribution in [3.8, 4) is 11.3 Å². The molecule has 0 saturated carbocycles. The van der Waals surface area contributed by atoms with Gasteiger partial charge in [0.05, 0.1) is 17.5 Å². The van der Waals surface area contributed by atoms with E-state index in [9.17, 15) is 9.59 Å². The summed E-state index contributed by atoms with van der Waals surface area (Å²) in [6.07, 6.45) is 10.2. The number of carbonyl (C=O) groups is 2. The number of nitrogens with zero attached hydrogens (tertiary/aromatic N) is 12. The van der Waals surface area contributed by atoms with Crippen molar-refractivity contribution in [2.75, 3.05) is 54.0 Å². The smallest absolute Gasteiger partial charge is 0.292 e. The third-order valence-electron chi connectivity index (χ3n) is 10.5. The number of rotatable bonds is 10. The van der Waals surface area contributed by atoms with Gasteiger partial charge < -0.3 is 35.9 Å². The van der Waals surface area contributed by atoms with E-state index in [1.807, 2.05) is 28.6 Å². The molecule has 18 nitrogen and oxygen atoms in total. The molecular weight excluding hydrogens is 739 g/mol. The summed E-state index contributed by atoms with van der Waals surface area (Å²) < 4.78 is 7.28. The van der Waals surface area contributed by atoms with Crippen LogP contribution in [0.1, 0.15) is 52.4 Å². The topological polar surface area (TPSA) is 229 Å². The van der Waals surface area contributed by atoms with Crippen molar-refractivity contribution >= 4 is 57.7 Å². The van der Waals surface area contributed by atoms with E-state index in [2.05, 4.69) is 68.2 Å². The average molecular weight is 780 g/mol. The van der Waals surface area contributed by atoms with Crippen LogP contribution in [0.5, 0.6) is 0 Å². The Morgan fingerprint density at radius 1 is 0.828 bits per heavy atom. The molecule has 1 fully saturated rings. The number of piperazine rings is 1. The normalized spacial score (nSPS) is 14.3. The molecule has 0 unspecified atom stereocenters. The molecule has 18 heteroatoms. The number of benzene rings is 2. The van der Waals surface area contributed by atoms with Crippen molar-refractivity contribution in [3.05, 3.63) is 95.3 Å². The average Bonchev–Trinajstić information content (AvgIpc) is 3.82. The Morgan fingerprint density at radius 2 is 1.57 bits per heavy atom. The lowest BCUT2D eigenvalue weighted by atomic mass is 9.97. The summed E-state index contributed by atoms with van der Waals surface area (Å²) in [5, 5.41) is 8.48. The number of nitrogen functional groups attached to an aromatic ring is 2. The van der Waals surface area contributed by atoms with Crippen LogP contribution in [0, 0.1) is 0 Å². The van der Waals surface area contributed by atoms with Crippen molar-refractivity contribution in [1.29, 1.82) is 0 Å². The number of anilines is 4. The molecule has 0 aliphatic carbocycles. The van der Waals surface area contributed by atoms with Crippen LogP contribution in [-0.4, -0.2) is 94.1 Å². The number of amides is 2. The molecule has 0 radical (unpaired) electrons. The van der Waals surface area contributed by atoms with Crippen molar-refractivity contribution in [2.45, 2.75) is 45.8 Å². The van der Waals surface area contributed by atoms with Crippen LogP contribution in [0.25, 0.3) is 33.4 Å². The van der Waals surface area contributed by atoms with Crippen LogP contribution in [0.3, 0.4) is 0 Å². The fourth-order valence-electron chi connectivity index (χ4n) is 7.49. The highest BCUT2D eigenvalue weighted by atomic mass is 16.4. The lowest BCUT2D eigenvalue weighted by Crippen LogP contribution is -2.47. The second-order valence-electron chi connectivity index (χ2n) is 14.4. The Hall–Kier alpha value is -7.24. The van der Waals surface area contributed by atoms with E-state index in [0.29, 0.717) is 116 Å². The van der Waals surface area contributed by atoms with Gasteiger partial charge in [0.15, 0.2) is 11.2 Å². The number of nitrogens with two attached hydrogens (primary N) is 2. The third kappa shape index (κ3) is 7.26. The highest BCUT2D eigenvalue weighted by Crippen LogP contribution is 2.33. The van der Waals surface area contributed by atoms with Gasteiger partial charge in [-0.15, -0.1) is 0 Å². The van der Waals surface area contributed by atoms with Crippen LogP contribution >= 0.6 is 0 Å². The van der Waals surface area contributed by atoms with E-state index in [0.717, 1.165) is 28.7 Å². The molecule has 2 amide bonds. The Morgan fingerprint density at radius 3 is 2.31 bits per heavy atom. The zero-order valence-corrected chi connectivity index (χ0v) is 31.9. The Labute approximate surface area is 332 Å². The first-order valence-electron chi connectivity index (χ1n) is 19.2. The SMILES string of the molecule is CCCC(=O)NCc1cnc(N2CCN(c3ncc(C(=O)N4CCc5cc(Cn6nc(-c7ccc8oc(N)nc8c7)c7c(N)ncnc76)ccc5C4)cn3)CC2)nc1. The maximum Gasteiger partial charge on any atom is 0.292 e. The summed E-state index contributed by atoms with van der Waals surface area (Å²) in [7, 11) is 0. The summed E-state index contributed by atoms with van der Waals surface area (Å²) in [6.45, 7) is 6.69. The summed E-state index contributed by atoms with van der Waals surface area (Å²) >= 11 is 0. The first-order valence-corrected chi connectivity index (χ1v) is 19.2. The fourth-order valence-corrected chi connectivity index (χ4v) is 7.49. The Bertz CT molecular complexity index is 2630. The maximum absolute atomic E-state index is 13.6. The first kappa shape index (κ1) is 36.4. The van der Waals surface area contributed by atoms with Crippen molar-refractivity contribution < 1.29 is 14.0 Å². The molecule has 7 heterocycles. The van der Waals surface area contributed by atoms with Crippen molar-refractivity contribution in [1.82, 2.24) is 54.9 Å². The second kappa shape index (κ2) is 15.4. The van der Waals surface area contributed by atoms with Gasteiger partial charge in [-0.2, -0.15) is 10.1 Å². The van der Waals surface area contributed by atoms with Crippen LogP contribution in [-0.2, 0) is 30.8 Å². The third-order valence-corrected chi connectivity index (χ3v) is 10.5. The number of fused-ring (bicyclic) bond motifs is 3. The molecule has 2 aromatic carbocycles. The summed E-state index contributed by atoms with van der Waals surface area (Å²) in [5.41, 5.74) is 20.0. The number of nitrogens with one attached hydrogen (secondary N) is 1. The molecule has 5 N–H and O–H groups in total. The molecule has 0 atom stereocenters. The fraction of sp³-hybridized carbons (Fsp3) is 0.300. The molecule has 5 aromatic heterocycles. The van der Waals surface area contributed by atoms with Gasteiger partial charge in [-0.25, -0.2) is 34.6 Å². The number of hydrogen-bond acceptors (Lipinski definition) is 15. The van der Waals surface area contributed by atoms with E-state index in [-0.39, 0.29) is 17.8 Å². The number of oxazole rings is 1. The lowest BCUT2D eigenvalue weighted by Gasteiger charge is -2.34. The summed E-state index contributed by atoms with van der Waals surface area (Å²) in [5.74, 6) is 1.49. The van der Waals surface area contributed by atoms with Gasteiger partial charge >= 0.3 is 0 Å². The largest absolute Gasteiger partial charge is 0.424 e. The minimum atomic E-state index is -0.101. The number of aromatic nitrogens is 9. The Balaban J connectivity index is 0.818.